The molecule has 2 rings (SSSR count). The molecular formula is C18H20F3NO. The molecule has 0 unspecified atom stereocenters. The average Bonchev–Trinajstić information content (AvgIpc) is 2.56. The summed E-state index contributed by atoms with van der Waals surface area (Å²) in [6.45, 7) is 1.83. The minimum Gasteiger partial charge on any atom is -0.396 e. The first kappa shape index (κ1) is 17.5. The number of nitrogens with one attached hydrogen (secondary N) is 1. The quantitative estimate of drug-likeness (QED) is 0.746. The van der Waals surface area contributed by atoms with Gasteiger partial charge in [0.15, 0.2) is 17.5 Å². The first-order valence-corrected chi connectivity index (χ1v) is 7.59. The minimum atomic E-state index is -1.46. The van der Waals surface area contributed by atoms with E-state index in [0.717, 1.165) is 17.7 Å². The third-order valence-electron chi connectivity index (χ3n) is 3.81. The van der Waals surface area contributed by atoms with Crippen molar-refractivity contribution in [3.8, 4) is 0 Å². The fraction of sp³-hybridized carbons (Fsp3) is 0.333. The van der Waals surface area contributed by atoms with E-state index in [0.29, 0.717) is 18.4 Å². The van der Waals surface area contributed by atoms with Gasteiger partial charge in [-0.05, 0) is 43.0 Å². The molecule has 0 saturated carbocycles. The maximum Gasteiger partial charge on any atom is 0.194 e. The number of benzene rings is 2. The molecule has 5 heteroatoms. The van der Waals surface area contributed by atoms with Crippen LogP contribution in [0.1, 0.15) is 43.0 Å². The van der Waals surface area contributed by atoms with Crippen molar-refractivity contribution in [3.05, 3.63) is 71.0 Å². The van der Waals surface area contributed by atoms with E-state index in [-0.39, 0.29) is 18.7 Å². The average molecular weight is 323 g/mol. The summed E-state index contributed by atoms with van der Waals surface area (Å²) in [7, 11) is 0. The van der Waals surface area contributed by atoms with Crippen molar-refractivity contribution in [2.24, 2.45) is 0 Å². The second-order valence-corrected chi connectivity index (χ2v) is 5.52. The number of rotatable bonds is 7. The van der Waals surface area contributed by atoms with Crippen LogP contribution in [0.3, 0.4) is 0 Å². The van der Waals surface area contributed by atoms with Gasteiger partial charge in [-0.25, -0.2) is 13.2 Å². The lowest BCUT2D eigenvalue weighted by Crippen LogP contribution is -2.25. The molecule has 0 radical (unpaired) electrons. The molecule has 124 valence electrons. The van der Waals surface area contributed by atoms with E-state index in [1.807, 2.05) is 30.3 Å². The van der Waals surface area contributed by atoms with E-state index < -0.39 is 17.5 Å². The number of hydrogen-bond donors (Lipinski definition) is 2. The van der Waals surface area contributed by atoms with Gasteiger partial charge in [0.1, 0.15) is 0 Å². The maximum absolute atomic E-state index is 13.4. The van der Waals surface area contributed by atoms with Gasteiger partial charge in [0.25, 0.3) is 0 Å². The summed E-state index contributed by atoms with van der Waals surface area (Å²) in [5.74, 6) is -3.85. The van der Waals surface area contributed by atoms with Crippen LogP contribution in [0.4, 0.5) is 13.2 Å². The summed E-state index contributed by atoms with van der Waals surface area (Å²) >= 11 is 0. The van der Waals surface area contributed by atoms with Crippen molar-refractivity contribution in [2.45, 2.75) is 31.8 Å². The molecule has 2 aromatic carbocycles. The molecule has 0 spiro atoms. The van der Waals surface area contributed by atoms with Crippen molar-refractivity contribution in [1.82, 2.24) is 5.32 Å². The number of aliphatic hydroxyl groups excluding tert-OH is 1. The van der Waals surface area contributed by atoms with Gasteiger partial charge in [0.2, 0.25) is 0 Å². The maximum atomic E-state index is 13.4. The van der Waals surface area contributed by atoms with Crippen molar-refractivity contribution in [2.75, 3.05) is 6.61 Å². The predicted molar refractivity (Wildman–Crippen MR) is 83.4 cm³/mol. The van der Waals surface area contributed by atoms with E-state index in [9.17, 15) is 13.2 Å². The molecule has 0 aromatic heterocycles. The van der Waals surface area contributed by atoms with Crippen LogP contribution in [0.5, 0.6) is 0 Å². The van der Waals surface area contributed by atoms with Gasteiger partial charge in [0, 0.05) is 18.7 Å². The summed E-state index contributed by atoms with van der Waals surface area (Å²) in [6, 6.07) is 11.2. The Morgan fingerprint density at radius 1 is 1.00 bits per heavy atom. The van der Waals surface area contributed by atoms with Crippen molar-refractivity contribution in [1.29, 1.82) is 0 Å². The Kier molecular flexibility index (Phi) is 6.19. The lowest BCUT2D eigenvalue weighted by atomic mass is 9.99. The fourth-order valence-corrected chi connectivity index (χ4v) is 2.55. The van der Waals surface area contributed by atoms with E-state index in [2.05, 4.69) is 5.32 Å². The van der Waals surface area contributed by atoms with Crippen LogP contribution in [0.25, 0.3) is 0 Å². The molecule has 0 amide bonds. The van der Waals surface area contributed by atoms with Gasteiger partial charge in [-0.1, -0.05) is 30.3 Å². The van der Waals surface area contributed by atoms with E-state index in [1.165, 1.54) is 0 Å². The highest BCUT2D eigenvalue weighted by Crippen LogP contribution is 2.25. The first-order valence-electron chi connectivity index (χ1n) is 7.59. The monoisotopic (exact) mass is 323 g/mol. The third-order valence-corrected chi connectivity index (χ3v) is 3.81. The molecule has 0 aliphatic carbocycles. The van der Waals surface area contributed by atoms with Crippen LogP contribution >= 0.6 is 0 Å². The zero-order chi connectivity index (χ0) is 16.8. The lowest BCUT2D eigenvalue weighted by Gasteiger charge is -2.24. The van der Waals surface area contributed by atoms with E-state index in [1.54, 1.807) is 6.92 Å². The van der Waals surface area contributed by atoms with Gasteiger partial charge in [-0.15, -0.1) is 0 Å². The molecule has 2 N–H and O–H groups in total. The Hall–Kier alpha value is -1.85. The Morgan fingerprint density at radius 3 is 2.17 bits per heavy atom. The molecule has 2 atom stereocenters. The number of aliphatic hydroxyl groups is 1. The summed E-state index contributed by atoms with van der Waals surface area (Å²) in [4.78, 5) is 0. The molecular weight excluding hydrogens is 303 g/mol. The standard InChI is InChI=1S/C18H20F3NO/c1-12(14-10-15(19)18(21)16(20)11-14)22-17(8-5-9-23)13-6-3-2-4-7-13/h2-4,6-7,10-12,17,22-23H,5,8-9H2,1H3/t12-,17+/m0/s1. The second-order valence-electron chi connectivity index (χ2n) is 5.52. The first-order chi connectivity index (χ1) is 11.0. The summed E-state index contributed by atoms with van der Waals surface area (Å²) in [5, 5.41) is 12.3. The molecule has 2 aromatic rings. The van der Waals surface area contributed by atoms with E-state index >= 15 is 0 Å². The van der Waals surface area contributed by atoms with Crippen molar-refractivity contribution < 1.29 is 18.3 Å². The van der Waals surface area contributed by atoms with Crippen LogP contribution in [0.15, 0.2) is 42.5 Å². The van der Waals surface area contributed by atoms with Gasteiger partial charge in [-0.3, -0.25) is 0 Å². The molecule has 0 saturated heterocycles. The van der Waals surface area contributed by atoms with Crippen LogP contribution in [-0.2, 0) is 0 Å². The van der Waals surface area contributed by atoms with Gasteiger partial charge < -0.3 is 10.4 Å². The Morgan fingerprint density at radius 2 is 1.61 bits per heavy atom. The summed E-state index contributed by atoms with van der Waals surface area (Å²) < 4.78 is 39.8. The number of halogens is 3. The highest BCUT2D eigenvalue weighted by molar-refractivity contribution is 5.24. The van der Waals surface area contributed by atoms with Gasteiger partial charge >= 0.3 is 0 Å². The van der Waals surface area contributed by atoms with Gasteiger partial charge in [-0.2, -0.15) is 0 Å². The fourth-order valence-electron chi connectivity index (χ4n) is 2.55. The second kappa shape index (κ2) is 8.13. The van der Waals surface area contributed by atoms with Crippen LogP contribution in [0, 0.1) is 17.5 Å². The zero-order valence-corrected chi connectivity index (χ0v) is 12.9. The zero-order valence-electron chi connectivity index (χ0n) is 12.9. The lowest BCUT2D eigenvalue weighted by molar-refractivity contribution is 0.272. The van der Waals surface area contributed by atoms with Crippen molar-refractivity contribution >= 4 is 0 Å². The normalized spacial score (nSPS) is 13.8. The summed E-state index contributed by atoms with van der Waals surface area (Å²) in [6.07, 6.45) is 1.28. The number of hydrogen-bond acceptors (Lipinski definition) is 2. The third kappa shape index (κ3) is 4.56. The Bertz CT molecular complexity index is 610. The molecule has 0 aliphatic rings. The van der Waals surface area contributed by atoms with Crippen LogP contribution in [-0.4, -0.2) is 11.7 Å². The molecule has 0 heterocycles. The predicted octanol–water partition coefficient (Wildman–Crippen LogP) is 4.27. The van der Waals surface area contributed by atoms with Gasteiger partial charge in [0.05, 0.1) is 0 Å². The largest absolute Gasteiger partial charge is 0.396 e. The molecule has 0 aliphatic heterocycles. The summed E-state index contributed by atoms with van der Waals surface area (Å²) in [5.41, 5.74) is 1.36. The molecule has 2 nitrogen and oxygen atoms in total. The minimum absolute atomic E-state index is 0.0686. The molecule has 0 bridgehead atoms. The van der Waals surface area contributed by atoms with Crippen LogP contribution in [0.2, 0.25) is 0 Å². The van der Waals surface area contributed by atoms with Crippen molar-refractivity contribution in [3.63, 3.8) is 0 Å². The SMILES string of the molecule is C[C@H](N[C@H](CCCO)c1ccccc1)c1cc(F)c(F)c(F)c1. The van der Waals surface area contributed by atoms with E-state index in [4.69, 9.17) is 5.11 Å². The molecule has 23 heavy (non-hydrogen) atoms. The topological polar surface area (TPSA) is 32.3 Å². The highest BCUT2D eigenvalue weighted by Gasteiger charge is 2.18. The van der Waals surface area contributed by atoms with Crippen LogP contribution < -0.4 is 5.32 Å². The smallest absolute Gasteiger partial charge is 0.194 e. The molecule has 0 fully saturated rings. The highest BCUT2D eigenvalue weighted by atomic mass is 19.2. The Labute approximate surface area is 134 Å². The Balaban J connectivity index is 2.18.